The van der Waals surface area contributed by atoms with Gasteiger partial charge >= 0.3 is 0 Å². The molecule has 0 atom stereocenters. The number of fused-ring (bicyclic) bond motifs is 1. The topological polar surface area (TPSA) is 30.2 Å². The van der Waals surface area contributed by atoms with Gasteiger partial charge < -0.3 is 0 Å². The smallest absolute Gasteiger partial charge is 0.156 e. The first kappa shape index (κ1) is 9.99. The van der Waals surface area contributed by atoms with Gasteiger partial charge in [0.05, 0.1) is 0 Å². The summed E-state index contributed by atoms with van der Waals surface area (Å²) in [6.45, 7) is 0. The third kappa shape index (κ3) is 1.88. The molecule has 0 aliphatic carbocycles. The Labute approximate surface area is 105 Å². The van der Waals surface area contributed by atoms with Crippen LogP contribution < -0.4 is 0 Å². The van der Waals surface area contributed by atoms with Gasteiger partial charge in [-0.2, -0.15) is 5.10 Å². The number of halogens is 1. The minimum absolute atomic E-state index is 0.803. The van der Waals surface area contributed by atoms with E-state index < -0.39 is 0 Å². The van der Waals surface area contributed by atoms with E-state index in [2.05, 4.69) is 37.5 Å². The van der Waals surface area contributed by atoms with Crippen LogP contribution in [0.4, 0.5) is 0 Å². The van der Waals surface area contributed by atoms with E-state index >= 15 is 0 Å². The molecular weight excluding hydrogens is 286 g/mol. The van der Waals surface area contributed by atoms with Crippen molar-refractivity contribution in [3.8, 4) is 0 Å². The summed E-state index contributed by atoms with van der Waals surface area (Å²) in [6.07, 6.45) is 2.72. The molecule has 0 radical (unpaired) electrons. The van der Waals surface area contributed by atoms with Crippen LogP contribution in [0.2, 0.25) is 0 Å². The second-order valence-electron chi connectivity index (χ2n) is 3.43. The SMILES string of the molecule is Brc1ccc2nc(Cc3cccs3)nn2c1. The van der Waals surface area contributed by atoms with E-state index in [1.165, 1.54) is 4.88 Å². The van der Waals surface area contributed by atoms with Crippen molar-refractivity contribution in [2.75, 3.05) is 0 Å². The van der Waals surface area contributed by atoms with Gasteiger partial charge in [0.25, 0.3) is 0 Å². The molecule has 5 heteroatoms. The maximum absolute atomic E-state index is 4.47. The van der Waals surface area contributed by atoms with Crippen LogP contribution >= 0.6 is 27.3 Å². The maximum atomic E-state index is 4.47. The third-order valence-corrected chi connectivity index (χ3v) is 3.60. The summed E-state index contributed by atoms with van der Waals surface area (Å²) >= 11 is 5.15. The van der Waals surface area contributed by atoms with Crippen molar-refractivity contribution in [1.82, 2.24) is 14.6 Å². The lowest BCUT2D eigenvalue weighted by Gasteiger charge is -1.90. The Balaban J connectivity index is 1.99. The van der Waals surface area contributed by atoms with Crippen LogP contribution in [-0.2, 0) is 6.42 Å². The fraction of sp³-hybridized carbons (Fsp3) is 0.0909. The molecule has 0 aliphatic rings. The molecule has 0 amide bonds. The van der Waals surface area contributed by atoms with E-state index in [9.17, 15) is 0 Å². The molecule has 3 rings (SSSR count). The van der Waals surface area contributed by atoms with Crippen molar-refractivity contribution in [3.63, 3.8) is 0 Å². The number of thiophene rings is 1. The summed E-state index contributed by atoms with van der Waals surface area (Å²) < 4.78 is 2.81. The van der Waals surface area contributed by atoms with Crippen LogP contribution in [-0.4, -0.2) is 14.6 Å². The number of hydrogen-bond donors (Lipinski definition) is 0. The Morgan fingerprint density at radius 1 is 1.31 bits per heavy atom. The van der Waals surface area contributed by atoms with Gasteiger partial charge in [-0.05, 0) is 39.5 Å². The quantitative estimate of drug-likeness (QED) is 0.727. The Bertz CT molecular complexity index is 615. The predicted molar refractivity (Wildman–Crippen MR) is 67.8 cm³/mol. The van der Waals surface area contributed by atoms with Crippen LogP contribution in [0.1, 0.15) is 10.7 Å². The van der Waals surface area contributed by atoms with Gasteiger partial charge in [-0.3, -0.25) is 0 Å². The second kappa shape index (κ2) is 3.99. The summed E-state index contributed by atoms with van der Waals surface area (Å²) in [5, 5.41) is 6.50. The van der Waals surface area contributed by atoms with E-state index in [0.29, 0.717) is 0 Å². The number of nitrogens with zero attached hydrogens (tertiary/aromatic N) is 3. The summed E-state index contributed by atoms with van der Waals surface area (Å²) in [5.74, 6) is 0.862. The zero-order chi connectivity index (χ0) is 11.0. The van der Waals surface area contributed by atoms with Crippen molar-refractivity contribution in [3.05, 3.63) is 51.0 Å². The van der Waals surface area contributed by atoms with Gasteiger partial charge in [-0.25, -0.2) is 9.50 Å². The molecule has 3 aromatic rings. The first-order valence-corrected chi connectivity index (χ1v) is 6.52. The summed E-state index contributed by atoms with van der Waals surface area (Å²) in [7, 11) is 0. The van der Waals surface area contributed by atoms with E-state index in [0.717, 1.165) is 22.4 Å². The molecule has 0 aliphatic heterocycles. The lowest BCUT2D eigenvalue weighted by Crippen LogP contribution is -1.89. The highest BCUT2D eigenvalue weighted by Gasteiger charge is 2.05. The highest BCUT2D eigenvalue weighted by molar-refractivity contribution is 9.10. The molecule has 0 fully saturated rings. The first-order valence-electron chi connectivity index (χ1n) is 4.84. The zero-order valence-corrected chi connectivity index (χ0v) is 10.7. The van der Waals surface area contributed by atoms with Gasteiger partial charge in [0.1, 0.15) is 0 Å². The van der Waals surface area contributed by atoms with E-state index in [1.807, 2.05) is 24.4 Å². The molecule has 80 valence electrons. The average molecular weight is 294 g/mol. The largest absolute Gasteiger partial charge is 0.220 e. The van der Waals surface area contributed by atoms with Crippen LogP contribution in [0.5, 0.6) is 0 Å². The molecule has 3 aromatic heterocycles. The standard InChI is InChI=1S/C11H8BrN3S/c12-8-3-4-11-13-10(14-15(11)7-8)6-9-2-1-5-16-9/h1-5,7H,6H2. The van der Waals surface area contributed by atoms with Gasteiger partial charge in [0, 0.05) is 22.0 Å². The lowest BCUT2D eigenvalue weighted by molar-refractivity contribution is 0.902. The van der Waals surface area contributed by atoms with E-state index in [-0.39, 0.29) is 0 Å². The van der Waals surface area contributed by atoms with Crippen LogP contribution in [0.3, 0.4) is 0 Å². The summed E-state index contributed by atoms with van der Waals surface area (Å²) in [6, 6.07) is 8.08. The second-order valence-corrected chi connectivity index (χ2v) is 5.38. The van der Waals surface area contributed by atoms with Gasteiger partial charge in [-0.1, -0.05) is 6.07 Å². The van der Waals surface area contributed by atoms with Crippen LogP contribution in [0.15, 0.2) is 40.3 Å². The molecular formula is C11H8BrN3S. The normalized spacial score (nSPS) is 11.1. The zero-order valence-electron chi connectivity index (χ0n) is 8.30. The molecule has 0 aromatic carbocycles. The monoisotopic (exact) mass is 293 g/mol. The van der Waals surface area contributed by atoms with Crippen molar-refractivity contribution in [2.45, 2.75) is 6.42 Å². The Kier molecular flexibility index (Phi) is 2.49. The van der Waals surface area contributed by atoms with Crippen molar-refractivity contribution in [2.24, 2.45) is 0 Å². The van der Waals surface area contributed by atoms with Crippen LogP contribution in [0.25, 0.3) is 5.65 Å². The Hall–Kier alpha value is -1.20. The Morgan fingerprint density at radius 3 is 3.06 bits per heavy atom. The van der Waals surface area contributed by atoms with E-state index in [4.69, 9.17) is 0 Å². The molecule has 0 unspecified atom stereocenters. The minimum atomic E-state index is 0.803. The van der Waals surface area contributed by atoms with Crippen molar-refractivity contribution in [1.29, 1.82) is 0 Å². The third-order valence-electron chi connectivity index (χ3n) is 2.25. The number of rotatable bonds is 2. The number of aromatic nitrogens is 3. The molecule has 0 saturated carbocycles. The Morgan fingerprint density at radius 2 is 2.25 bits per heavy atom. The lowest BCUT2D eigenvalue weighted by atomic mass is 10.3. The fourth-order valence-electron chi connectivity index (χ4n) is 1.55. The van der Waals surface area contributed by atoms with Crippen LogP contribution in [0, 0.1) is 0 Å². The van der Waals surface area contributed by atoms with Gasteiger partial charge in [0.15, 0.2) is 11.5 Å². The highest BCUT2D eigenvalue weighted by atomic mass is 79.9. The molecule has 3 nitrogen and oxygen atoms in total. The molecule has 16 heavy (non-hydrogen) atoms. The average Bonchev–Trinajstić information content (AvgIpc) is 2.86. The predicted octanol–water partition coefficient (Wildman–Crippen LogP) is 3.14. The highest BCUT2D eigenvalue weighted by Crippen LogP contribution is 2.15. The maximum Gasteiger partial charge on any atom is 0.156 e. The number of pyridine rings is 1. The van der Waals surface area contributed by atoms with Gasteiger partial charge in [0.2, 0.25) is 0 Å². The molecule has 0 N–H and O–H groups in total. The number of hydrogen-bond acceptors (Lipinski definition) is 3. The van der Waals surface area contributed by atoms with E-state index in [1.54, 1.807) is 15.9 Å². The first-order chi connectivity index (χ1) is 7.81. The molecule has 3 heterocycles. The summed E-state index contributed by atoms with van der Waals surface area (Å²) in [4.78, 5) is 5.75. The fourth-order valence-corrected chi connectivity index (χ4v) is 2.58. The van der Waals surface area contributed by atoms with Gasteiger partial charge in [-0.15, -0.1) is 11.3 Å². The molecule has 0 spiro atoms. The molecule has 0 saturated heterocycles. The molecule has 0 bridgehead atoms. The van der Waals surface area contributed by atoms with Crippen molar-refractivity contribution < 1.29 is 0 Å². The van der Waals surface area contributed by atoms with Crippen molar-refractivity contribution >= 4 is 32.9 Å². The summed E-state index contributed by atoms with van der Waals surface area (Å²) in [5.41, 5.74) is 0.884. The minimum Gasteiger partial charge on any atom is -0.220 e.